The number of carbonyl (C=O) groups is 1. The van der Waals surface area contributed by atoms with Crippen LogP contribution in [-0.2, 0) is 17.8 Å². The predicted molar refractivity (Wildman–Crippen MR) is 104 cm³/mol. The van der Waals surface area contributed by atoms with Gasteiger partial charge in [0.2, 0.25) is 5.91 Å². The Bertz CT molecular complexity index is 893. The summed E-state index contributed by atoms with van der Waals surface area (Å²) in [6, 6.07) is 4.26. The van der Waals surface area contributed by atoms with Crippen LogP contribution in [0.5, 0.6) is 0 Å². The van der Waals surface area contributed by atoms with Gasteiger partial charge in [-0.1, -0.05) is 6.07 Å². The standard InChI is InChI=1S/C20H27FN4O2/c1-23(2)10-11-24(3)8-7-19(26)25-9-6-18-17(13-25)15-5-4-14(21)12-16(15)20(27)22-18/h4-5,12H,6-11,13H2,1-3H3,(H,22,27). The summed E-state index contributed by atoms with van der Waals surface area (Å²) in [5, 5.41) is 1.07. The maximum Gasteiger partial charge on any atom is 0.256 e. The Morgan fingerprint density at radius 2 is 1.96 bits per heavy atom. The van der Waals surface area contributed by atoms with Gasteiger partial charge in [0, 0.05) is 51.3 Å². The summed E-state index contributed by atoms with van der Waals surface area (Å²) in [4.78, 5) is 33.8. The molecule has 0 saturated carbocycles. The van der Waals surface area contributed by atoms with E-state index >= 15 is 0 Å². The Labute approximate surface area is 158 Å². The number of likely N-dealkylation sites (N-methyl/N-ethyl adjacent to an activating group) is 2. The van der Waals surface area contributed by atoms with Crippen molar-refractivity contribution in [2.45, 2.75) is 19.4 Å². The van der Waals surface area contributed by atoms with Crippen LogP contribution in [0.3, 0.4) is 0 Å². The zero-order valence-electron chi connectivity index (χ0n) is 16.2. The number of fused-ring (bicyclic) bond motifs is 3. The van der Waals surface area contributed by atoms with Gasteiger partial charge in [0.25, 0.3) is 5.56 Å². The van der Waals surface area contributed by atoms with Crippen LogP contribution in [0.25, 0.3) is 10.8 Å². The fourth-order valence-electron chi connectivity index (χ4n) is 3.46. The van der Waals surface area contributed by atoms with Crippen molar-refractivity contribution >= 4 is 16.7 Å². The Balaban J connectivity index is 1.70. The number of aromatic amines is 1. The van der Waals surface area contributed by atoms with Crippen molar-refractivity contribution in [3.05, 3.63) is 45.6 Å². The molecule has 2 aromatic rings. The van der Waals surface area contributed by atoms with E-state index in [0.29, 0.717) is 37.9 Å². The molecule has 1 N–H and O–H groups in total. The first kappa shape index (κ1) is 19.5. The predicted octanol–water partition coefficient (Wildman–Crippen LogP) is 1.44. The molecule has 1 aromatic heterocycles. The fourth-order valence-corrected chi connectivity index (χ4v) is 3.46. The number of H-pyrrole nitrogens is 1. The summed E-state index contributed by atoms with van der Waals surface area (Å²) >= 11 is 0. The Morgan fingerprint density at radius 3 is 2.70 bits per heavy atom. The van der Waals surface area contributed by atoms with Crippen LogP contribution in [-0.4, -0.2) is 72.9 Å². The zero-order chi connectivity index (χ0) is 19.6. The molecule has 1 amide bonds. The van der Waals surface area contributed by atoms with Gasteiger partial charge < -0.3 is 19.7 Å². The molecule has 0 aliphatic carbocycles. The lowest BCUT2D eigenvalue weighted by atomic mass is 9.98. The van der Waals surface area contributed by atoms with Crippen molar-refractivity contribution in [3.63, 3.8) is 0 Å². The third-order valence-electron chi connectivity index (χ3n) is 5.15. The van der Waals surface area contributed by atoms with Crippen molar-refractivity contribution in [3.8, 4) is 0 Å². The van der Waals surface area contributed by atoms with E-state index in [9.17, 15) is 14.0 Å². The molecule has 146 valence electrons. The third-order valence-corrected chi connectivity index (χ3v) is 5.15. The van der Waals surface area contributed by atoms with E-state index < -0.39 is 5.82 Å². The number of nitrogens with zero attached hydrogens (tertiary/aromatic N) is 3. The summed E-state index contributed by atoms with van der Waals surface area (Å²) < 4.78 is 13.5. The molecule has 1 aliphatic rings. The number of nitrogens with one attached hydrogen (secondary N) is 1. The van der Waals surface area contributed by atoms with Crippen LogP contribution in [0.2, 0.25) is 0 Å². The Morgan fingerprint density at radius 1 is 1.19 bits per heavy atom. The van der Waals surface area contributed by atoms with Gasteiger partial charge in [-0.05, 0) is 44.2 Å². The van der Waals surface area contributed by atoms with Gasteiger partial charge in [0.15, 0.2) is 0 Å². The SMILES string of the molecule is CN(C)CCN(C)CCC(=O)N1CCc2[nH]c(=O)c3cc(F)ccc3c2C1. The van der Waals surface area contributed by atoms with Crippen molar-refractivity contribution in [2.75, 3.05) is 47.3 Å². The van der Waals surface area contributed by atoms with Crippen LogP contribution in [0.15, 0.2) is 23.0 Å². The van der Waals surface area contributed by atoms with E-state index in [0.717, 1.165) is 29.7 Å². The molecule has 1 aromatic carbocycles. The van der Waals surface area contributed by atoms with Gasteiger partial charge >= 0.3 is 0 Å². The molecule has 0 fully saturated rings. The van der Waals surface area contributed by atoms with E-state index in [-0.39, 0.29) is 11.5 Å². The smallest absolute Gasteiger partial charge is 0.256 e. The summed E-state index contributed by atoms with van der Waals surface area (Å²) in [7, 11) is 6.09. The fraction of sp³-hybridized carbons (Fsp3) is 0.500. The highest BCUT2D eigenvalue weighted by Crippen LogP contribution is 2.25. The first-order valence-electron chi connectivity index (χ1n) is 9.29. The Kier molecular flexibility index (Phi) is 5.92. The van der Waals surface area contributed by atoms with Crippen LogP contribution >= 0.6 is 0 Å². The first-order valence-corrected chi connectivity index (χ1v) is 9.29. The van der Waals surface area contributed by atoms with E-state index in [1.54, 1.807) is 6.07 Å². The number of amides is 1. The Hall–Kier alpha value is -2.25. The molecule has 0 atom stereocenters. The number of carbonyl (C=O) groups excluding carboxylic acids is 1. The number of hydrogen-bond donors (Lipinski definition) is 1. The average Bonchev–Trinajstić information content (AvgIpc) is 2.64. The molecule has 2 heterocycles. The molecule has 0 saturated heterocycles. The van der Waals surface area contributed by atoms with Crippen molar-refractivity contribution in [1.29, 1.82) is 0 Å². The van der Waals surface area contributed by atoms with E-state index in [4.69, 9.17) is 0 Å². The molecule has 27 heavy (non-hydrogen) atoms. The van der Waals surface area contributed by atoms with Crippen LogP contribution < -0.4 is 5.56 Å². The van der Waals surface area contributed by atoms with Crippen LogP contribution in [0.1, 0.15) is 17.7 Å². The van der Waals surface area contributed by atoms with E-state index in [1.165, 1.54) is 12.1 Å². The lowest BCUT2D eigenvalue weighted by Crippen LogP contribution is -2.39. The molecule has 6 nitrogen and oxygen atoms in total. The van der Waals surface area contributed by atoms with Gasteiger partial charge in [-0.2, -0.15) is 0 Å². The molecular formula is C20H27FN4O2. The quantitative estimate of drug-likeness (QED) is 0.831. The normalized spacial score (nSPS) is 14.2. The van der Waals surface area contributed by atoms with Crippen molar-refractivity contribution in [1.82, 2.24) is 19.7 Å². The van der Waals surface area contributed by atoms with Crippen LogP contribution in [0, 0.1) is 5.82 Å². The number of rotatable bonds is 6. The maximum absolute atomic E-state index is 13.5. The number of halogens is 1. The minimum absolute atomic E-state index is 0.110. The number of pyridine rings is 1. The second-order valence-electron chi connectivity index (χ2n) is 7.52. The number of benzene rings is 1. The third kappa shape index (κ3) is 4.54. The highest BCUT2D eigenvalue weighted by molar-refractivity contribution is 5.86. The van der Waals surface area contributed by atoms with Crippen molar-refractivity contribution < 1.29 is 9.18 Å². The first-order chi connectivity index (χ1) is 12.8. The second-order valence-corrected chi connectivity index (χ2v) is 7.52. The molecule has 0 unspecified atom stereocenters. The topological polar surface area (TPSA) is 59.6 Å². The highest BCUT2D eigenvalue weighted by Gasteiger charge is 2.23. The zero-order valence-corrected chi connectivity index (χ0v) is 16.2. The molecule has 0 spiro atoms. The minimum Gasteiger partial charge on any atom is -0.338 e. The second kappa shape index (κ2) is 8.19. The van der Waals surface area contributed by atoms with Gasteiger partial charge in [-0.15, -0.1) is 0 Å². The van der Waals surface area contributed by atoms with Gasteiger partial charge in [-0.25, -0.2) is 4.39 Å². The molecule has 3 rings (SSSR count). The minimum atomic E-state index is -0.433. The molecule has 0 bridgehead atoms. The molecular weight excluding hydrogens is 347 g/mol. The summed E-state index contributed by atoms with van der Waals surface area (Å²) in [5.74, 6) is -0.323. The molecule has 0 radical (unpaired) electrons. The lowest BCUT2D eigenvalue weighted by Gasteiger charge is -2.30. The lowest BCUT2D eigenvalue weighted by molar-refractivity contribution is -0.132. The summed E-state index contributed by atoms with van der Waals surface area (Å²) in [6.07, 6.45) is 1.08. The van der Waals surface area contributed by atoms with Gasteiger partial charge in [-0.3, -0.25) is 9.59 Å². The van der Waals surface area contributed by atoms with Crippen molar-refractivity contribution in [2.24, 2.45) is 0 Å². The number of hydrogen-bond acceptors (Lipinski definition) is 4. The molecule has 7 heteroatoms. The summed E-state index contributed by atoms with van der Waals surface area (Å²) in [6.45, 7) is 3.64. The largest absolute Gasteiger partial charge is 0.338 e. The van der Waals surface area contributed by atoms with Gasteiger partial charge in [0.05, 0.1) is 5.39 Å². The maximum atomic E-state index is 13.5. The number of aromatic nitrogens is 1. The monoisotopic (exact) mass is 374 g/mol. The summed E-state index contributed by atoms with van der Waals surface area (Å²) in [5.41, 5.74) is 1.50. The van der Waals surface area contributed by atoms with E-state index in [1.807, 2.05) is 26.0 Å². The highest BCUT2D eigenvalue weighted by atomic mass is 19.1. The van der Waals surface area contributed by atoms with Gasteiger partial charge in [0.1, 0.15) is 5.82 Å². The molecule has 1 aliphatic heterocycles. The average molecular weight is 374 g/mol. The van der Waals surface area contributed by atoms with E-state index in [2.05, 4.69) is 14.8 Å². The van der Waals surface area contributed by atoms with Crippen LogP contribution in [0.4, 0.5) is 4.39 Å².